The van der Waals surface area contributed by atoms with Gasteiger partial charge in [-0.05, 0) is 35.4 Å². The van der Waals surface area contributed by atoms with Gasteiger partial charge in [0.2, 0.25) is 0 Å². The first kappa shape index (κ1) is 14.1. The zero-order valence-electron chi connectivity index (χ0n) is 9.92. The lowest BCUT2D eigenvalue weighted by atomic mass is 10.1. The van der Waals surface area contributed by atoms with E-state index in [2.05, 4.69) is 46.4 Å². The van der Waals surface area contributed by atoms with E-state index in [-0.39, 0.29) is 6.10 Å². The first-order chi connectivity index (χ1) is 7.45. The molecule has 3 nitrogen and oxygen atoms in total. The minimum Gasteiger partial charge on any atom is -0.381 e. The minimum absolute atomic E-state index is 0.108. The Labute approximate surface area is 115 Å². The fourth-order valence-corrected chi connectivity index (χ4v) is 2.35. The molecule has 1 rings (SSSR count). The maximum Gasteiger partial charge on any atom is 0.146 e. The number of hydrogen-bond acceptors (Lipinski definition) is 3. The second-order valence-corrected chi connectivity index (χ2v) is 5.47. The van der Waals surface area contributed by atoms with Crippen molar-refractivity contribution in [2.45, 2.75) is 39.2 Å². The van der Waals surface area contributed by atoms with Crippen LogP contribution in [0, 0.1) is 3.57 Å². The molecule has 0 radical (unpaired) electrons. The molecule has 0 spiro atoms. The maximum atomic E-state index is 6.09. The van der Waals surface area contributed by atoms with Crippen LogP contribution in [-0.4, -0.2) is 23.2 Å². The molecular formula is C11H16ClIN2O. The largest absolute Gasteiger partial charge is 0.381 e. The molecule has 1 atom stereocenters. The summed E-state index contributed by atoms with van der Waals surface area (Å²) in [6.45, 7) is 6.19. The summed E-state index contributed by atoms with van der Waals surface area (Å²) in [7, 11) is 1.68. The van der Waals surface area contributed by atoms with Crippen molar-refractivity contribution in [3.63, 3.8) is 0 Å². The molecule has 0 aliphatic rings. The van der Waals surface area contributed by atoms with Crippen LogP contribution in [0.1, 0.15) is 38.2 Å². The van der Waals surface area contributed by atoms with Crippen LogP contribution in [-0.2, 0) is 11.2 Å². The van der Waals surface area contributed by atoms with Crippen LogP contribution in [0.15, 0.2) is 0 Å². The van der Waals surface area contributed by atoms with Gasteiger partial charge in [-0.1, -0.05) is 25.4 Å². The molecule has 16 heavy (non-hydrogen) atoms. The van der Waals surface area contributed by atoms with E-state index in [0.29, 0.717) is 17.5 Å². The van der Waals surface area contributed by atoms with Gasteiger partial charge in [0, 0.05) is 13.5 Å². The van der Waals surface area contributed by atoms with Crippen molar-refractivity contribution in [3.8, 4) is 0 Å². The molecule has 5 heteroatoms. The van der Waals surface area contributed by atoms with Crippen LogP contribution in [0.25, 0.3) is 0 Å². The lowest BCUT2D eigenvalue weighted by Gasteiger charge is -2.13. The molecule has 0 bridgehead atoms. The second kappa shape index (κ2) is 6.12. The molecule has 0 aliphatic heterocycles. The molecule has 1 aromatic heterocycles. The predicted octanol–water partition coefficient (Wildman–Crippen LogP) is 3.44. The van der Waals surface area contributed by atoms with E-state index in [1.165, 1.54) is 0 Å². The van der Waals surface area contributed by atoms with Crippen molar-refractivity contribution >= 4 is 34.2 Å². The van der Waals surface area contributed by atoms with Crippen LogP contribution in [0.3, 0.4) is 0 Å². The van der Waals surface area contributed by atoms with Gasteiger partial charge in [0.1, 0.15) is 11.0 Å². The molecule has 1 heterocycles. The second-order valence-electron chi connectivity index (χ2n) is 4.04. The summed E-state index contributed by atoms with van der Waals surface area (Å²) >= 11 is 8.28. The molecule has 90 valence electrons. The zero-order valence-corrected chi connectivity index (χ0v) is 12.8. The summed E-state index contributed by atoms with van der Waals surface area (Å²) in [4.78, 5) is 8.81. The first-order valence-corrected chi connectivity index (χ1v) is 6.66. The van der Waals surface area contributed by atoms with Gasteiger partial charge in [0.25, 0.3) is 0 Å². The SMILES string of the molecule is COC(C)Cc1nc(Cl)c(I)c(C(C)C)n1. The molecular weight excluding hydrogens is 338 g/mol. The maximum absolute atomic E-state index is 6.09. The summed E-state index contributed by atoms with van der Waals surface area (Å²) in [5, 5.41) is 0.539. The molecule has 1 aromatic rings. The Hall–Kier alpha value is 0.0600. The van der Waals surface area contributed by atoms with Crippen LogP contribution < -0.4 is 0 Å². The van der Waals surface area contributed by atoms with Crippen molar-refractivity contribution in [1.29, 1.82) is 0 Å². The number of nitrogens with zero attached hydrogens (tertiary/aromatic N) is 2. The van der Waals surface area contributed by atoms with E-state index in [1.54, 1.807) is 7.11 Å². The third kappa shape index (κ3) is 3.53. The first-order valence-electron chi connectivity index (χ1n) is 5.20. The number of halogens is 2. The summed E-state index contributed by atoms with van der Waals surface area (Å²) in [5.74, 6) is 1.10. The van der Waals surface area contributed by atoms with Crippen molar-refractivity contribution in [1.82, 2.24) is 9.97 Å². The number of hydrogen-bond donors (Lipinski definition) is 0. The summed E-state index contributed by atoms with van der Waals surface area (Å²) in [6.07, 6.45) is 0.795. The van der Waals surface area contributed by atoms with E-state index >= 15 is 0 Å². The highest BCUT2D eigenvalue weighted by Gasteiger charge is 2.14. The van der Waals surface area contributed by atoms with Crippen LogP contribution in [0.5, 0.6) is 0 Å². The quantitative estimate of drug-likeness (QED) is 0.614. The third-order valence-corrected chi connectivity index (χ3v) is 3.96. The summed E-state index contributed by atoms with van der Waals surface area (Å²) in [6, 6.07) is 0. The highest BCUT2D eigenvalue weighted by Crippen LogP contribution is 2.25. The zero-order chi connectivity index (χ0) is 12.3. The Kier molecular flexibility index (Phi) is 5.40. The predicted molar refractivity (Wildman–Crippen MR) is 74.0 cm³/mol. The van der Waals surface area contributed by atoms with Gasteiger partial charge < -0.3 is 4.74 Å². The molecule has 0 fully saturated rings. The lowest BCUT2D eigenvalue weighted by molar-refractivity contribution is 0.117. The number of rotatable bonds is 4. The van der Waals surface area contributed by atoms with Crippen LogP contribution in [0.4, 0.5) is 0 Å². The molecule has 0 amide bonds. The number of aromatic nitrogens is 2. The van der Waals surface area contributed by atoms with Gasteiger partial charge >= 0.3 is 0 Å². The van der Waals surface area contributed by atoms with Crippen molar-refractivity contribution < 1.29 is 4.74 Å². The lowest BCUT2D eigenvalue weighted by Crippen LogP contribution is -2.13. The molecule has 0 saturated carbocycles. The van der Waals surface area contributed by atoms with Crippen molar-refractivity contribution in [2.75, 3.05) is 7.11 Å². The Morgan fingerprint density at radius 3 is 2.44 bits per heavy atom. The average molecular weight is 355 g/mol. The molecule has 1 unspecified atom stereocenters. The van der Waals surface area contributed by atoms with Gasteiger partial charge in [0.05, 0.1) is 15.4 Å². The summed E-state index contributed by atoms with van der Waals surface area (Å²) < 4.78 is 6.15. The van der Waals surface area contributed by atoms with Crippen molar-refractivity contribution in [3.05, 3.63) is 20.2 Å². The van der Waals surface area contributed by atoms with E-state index in [1.807, 2.05) is 6.92 Å². The van der Waals surface area contributed by atoms with Crippen LogP contribution in [0.2, 0.25) is 5.15 Å². The van der Waals surface area contributed by atoms with Gasteiger partial charge in [-0.3, -0.25) is 0 Å². The van der Waals surface area contributed by atoms with Gasteiger partial charge in [-0.15, -0.1) is 0 Å². The van der Waals surface area contributed by atoms with Crippen molar-refractivity contribution in [2.24, 2.45) is 0 Å². The standard InChI is InChI=1S/C11H16ClIN2O/c1-6(2)10-9(13)11(12)15-8(14-10)5-7(3)16-4/h6-7H,5H2,1-4H3. The third-order valence-electron chi connectivity index (χ3n) is 2.30. The normalized spacial score (nSPS) is 13.2. The molecule has 0 aliphatic carbocycles. The molecule has 0 aromatic carbocycles. The van der Waals surface area contributed by atoms with E-state index < -0.39 is 0 Å². The number of methoxy groups -OCH3 is 1. The van der Waals surface area contributed by atoms with Gasteiger partial charge in [0.15, 0.2) is 0 Å². The fraction of sp³-hybridized carbons (Fsp3) is 0.636. The monoisotopic (exact) mass is 354 g/mol. The minimum atomic E-state index is 0.108. The molecule has 0 saturated heterocycles. The highest BCUT2D eigenvalue weighted by atomic mass is 127. The Balaban J connectivity index is 3.04. The van der Waals surface area contributed by atoms with Gasteiger partial charge in [-0.2, -0.15) is 0 Å². The smallest absolute Gasteiger partial charge is 0.146 e. The van der Waals surface area contributed by atoms with Gasteiger partial charge in [-0.25, -0.2) is 9.97 Å². The van der Waals surface area contributed by atoms with E-state index in [0.717, 1.165) is 15.1 Å². The Morgan fingerprint density at radius 2 is 1.94 bits per heavy atom. The van der Waals surface area contributed by atoms with Crippen LogP contribution >= 0.6 is 34.2 Å². The fourth-order valence-electron chi connectivity index (χ4n) is 1.30. The highest BCUT2D eigenvalue weighted by molar-refractivity contribution is 14.1. The molecule has 0 N–H and O–H groups in total. The van der Waals surface area contributed by atoms with E-state index in [9.17, 15) is 0 Å². The van der Waals surface area contributed by atoms with E-state index in [4.69, 9.17) is 16.3 Å². The Morgan fingerprint density at radius 1 is 1.31 bits per heavy atom. The Bertz CT molecular complexity index is 371. The average Bonchev–Trinajstić information content (AvgIpc) is 2.22. The number of ether oxygens (including phenoxy) is 1. The summed E-state index contributed by atoms with van der Waals surface area (Å²) in [5.41, 5.74) is 1.01. The topological polar surface area (TPSA) is 35.0 Å².